The molecule has 0 aromatic carbocycles. The van der Waals surface area contributed by atoms with Gasteiger partial charge in [0, 0.05) is 17.7 Å². The quantitative estimate of drug-likeness (QED) is 0.519. The lowest BCUT2D eigenvalue weighted by Crippen LogP contribution is -2.30. The zero-order valence-electron chi connectivity index (χ0n) is 10.9. The smallest absolute Gasteiger partial charge is 0.211 e. The molecule has 1 aromatic rings. The number of nitrogens with two attached hydrogens (primary N) is 2. The van der Waals surface area contributed by atoms with Crippen molar-refractivity contribution in [3.8, 4) is 0 Å². The van der Waals surface area contributed by atoms with Crippen LogP contribution < -0.4 is 11.5 Å². The zero-order valence-corrected chi connectivity index (χ0v) is 10.9. The summed E-state index contributed by atoms with van der Waals surface area (Å²) >= 11 is 0. The molecular formula is C13H15N3O4. The average molecular weight is 277 g/mol. The molecule has 2 heterocycles. The van der Waals surface area contributed by atoms with Gasteiger partial charge < -0.3 is 26.2 Å². The van der Waals surface area contributed by atoms with Crippen molar-refractivity contribution in [2.24, 2.45) is 11.5 Å². The highest BCUT2D eigenvalue weighted by Crippen LogP contribution is 2.38. The minimum absolute atomic E-state index is 0.0987. The molecule has 3 rings (SSSR count). The van der Waals surface area contributed by atoms with Crippen molar-refractivity contribution < 1.29 is 19.8 Å². The largest absolute Gasteiger partial charge is 0.395 e. The van der Waals surface area contributed by atoms with Crippen LogP contribution in [0.25, 0.3) is 0 Å². The van der Waals surface area contributed by atoms with E-state index in [1.807, 2.05) is 0 Å². The number of hydrogen-bond acceptors (Lipinski definition) is 6. The van der Waals surface area contributed by atoms with E-state index < -0.39 is 24.5 Å². The summed E-state index contributed by atoms with van der Waals surface area (Å²) in [6.07, 6.45) is -1.01. The third-order valence-electron chi connectivity index (χ3n) is 4.08. The van der Waals surface area contributed by atoms with E-state index in [-0.39, 0.29) is 40.4 Å². The minimum Gasteiger partial charge on any atom is -0.395 e. The lowest BCUT2D eigenvalue weighted by atomic mass is 9.90. The van der Waals surface area contributed by atoms with Crippen molar-refractivity contribution in [2.75, 3.05) is 0 Å². The van der Waals surface area contributed by atoms with Crippen LogP contribution in [0, 0.1) is 0 Å². The Balaban J connectivity index is 2.35. The zero-order chi connectivity index (χ0) is 14.8. The topological polar surface area (TPSA) is 132 Å². The summed E-state index contributed by atoms with van der Waals surface area (Å²) in [6.45, 7) is 1.26. The predicted molar refractivity (Wildman–Crippen MR) is 68.8 cm³/mol. The predicted octanol–water partition coefficient (Wildman–Crippen LogP) is -1.03. The molecule has 7 heteroatoms. The van der Waals surface area contributed by atoms with Crippen LogP contribution in [0.4, 0.5) is 0 Å². The van der Waals surface area contributed by atoms with Crippen molar-refractivity contribution in [3.63, 3.8) is 0 Å². The molecule has 0 spiro atoms. The Morgan fingerprint density at radius 2 is 2.00 bits per heavy atom. The summed E-state index contributed by atoms with van der Waals surface area (Å²) in [6, 6.07) is -0.563. The van der Waals surface area contributed by atoms with E-state index in [1.165, 1.54) is 11.5 Å². The molecule has 0 bridgehead atoms. The Kier molecular flexibility index (Phi) is 2.62. The summed E-state index contributed by atoms with van der Waals surface area (Å²) in [5.74, 6) is -0.844. The van der Waals surface area contributed by atoms with E-state index in [0.717, 1.165) is 0 Å². The van der Waals surface area contributed by atoms with E-state index in [1.54, 1.807) is 0 Å². The summed E-state index contributed by atoms with van der Waals surface area (Å²) in [5, 5.41) is 19.6. The second kappa shape index (κ2) is 4.02. The number of rotatable bonds is 1. The van der Waals surface area contributed by atoms with Gasteiger partial charge in [0.25, 0.3) is 0 Å². The maximum absolute atomic E-state index is 12.4. The first-order valence-corrected chi connectivity index (χ1v) is 6.25. The molecule has 0 radical (unpaired) electrons. The van der Waals surface area contributed by atoms with E-state index >= 15 is 0 Å². The molecule has 0 fully saturated rings. The maximum atomic E-state index is 12.4. The van der Waals surface area contributed by atoms with Crippen LogP contribution in [0.2, 0.25) is 0 Å². The molecule has 0 saturated heterocycles. The van der Waals surface area contributed by atoms with Gasteiger partial charge in [0.05, 0.1) is 29.6 Å². The fourth-order valence-corrected chi connectivity index (χ4v) is 2.98. The molecule has 1 aliphatic heterocycles. The highest BCUT2D eigenvalue weighted by molar-refractivity contribution is 6.26. The standard InChI is InChI=1S/C13H15N3O4/c1-4-8(15)13(20)7-5(3-17)9-12(19)6(14)2-16(9)10(7)11(4)18/h6,12,17,19H,2-3,14-15H2,1H3/t6-,12-/m0/s1. The Morgan fingerprint density at radius 1 is 1.35 bits per heavy atom. The molecule has 0 amide bonds. The molecular weight excluding hydrogens is 262 g/mol. The van der Waals surface area contributed by atoms with Crippen LogP contribution in [0.15, 0.2) is 11.3 Å². The summed E-state index contributed by atoms with van der Waals surface area (Å²) in [7, 11) is 0. The number of ketones is 2. The van der Waals surface area contributed by atoms with Gasteiger partial charge in [-0.3, -0.25) is 9.59 Å². The molecule has 1 aliphatic carbocycles. The fourth-order valence-electron chi connectivity index (χ4n) is 2.98. The number of carbonyl (C=O) groups excluding carboxylic acids is 2. The van der Waals surface area contributed by atoms with Crippen molar-refractivity contribution in [2.45, 2.75) is 32.2 Å². The first-order valence-electron chi connectivity index (χ1n) is 6.25. The summed E-state index contributed by atoms with van der Waals surface area (Å²) in [4.78, 5) is 24.6. The monoisotopic (exact) mass is 277 g/mol. The third kappa shape index (κ3) is 1.34. The Bertz CT molecular complexity index is 686. The van der Waals surface area contributed by atoms with Crippen LogP contribution in [0.3, 0.4) is 0 Å². The highest BCUT2D eigenvalue weighted by atomic mass is 16.3. The van der Waals surface area contributed by atoms with Gasteiger partial charge in [-0.15, -0.1) is 0 Å². The summed E-state index contributed by atoms with van der Waals surface area (Å²) < 4.78 is 1.53. The lowest BCUT2D eigenvalue weighted by Gasteiger charge is -2.17. The Labute approximate surface area is 114 Å². The van der Waals surface area contributed by atoms with Crippen molar-refractivity contribution >= 4 is 11.6 Å². The first kappa shape index (κ1) is 13.0. The van der Waals surface area contributed by atoms with Crippen molar-refractivity contribution in [3.05, 3.63) is 33.8 Å². The van der Waals surface area contributed by atoms with Crippen LogP contribution in [0.1, 0.15) is 45.1 Å². The van der Waals surface area contributed by atoms with Crippen molar-refractivity contribution in [1.82, 2.24) is 4.57 Å². The second-order valence-electron chi connectivity index (χ2n) is 5.16. The number of nitrogens with zero attached hydrogens (tertiary/aromatic N) is 1. The second-order valence-corrected chi connectivity index (χ2v) is 5.16. The fraction of sp³-hybridized carbons (Fsp3) is 0.385. The number of aromatic nitrogens is 1. The van der Waals surface area contributed by atoms with Gasteiger partial charge in [-0.1, -0.05) is 0 Å². The molecule has 0 saturated carbocycles. The van der Waals surface area contributed by atoms with Gasteiger partial charge in [-0.25, -0.2) is 0 Å². The number of allylic oxidation sites excluding steroid dienone is 2. The molecule has 7 nitrogen and oxygen atoms in total. The van der Waals surface area contributed by atoms with Gasteiger partial charge in [0.2, 0.25) is 11.6 Å². The number of carbonyl (C=O) groups is 2. The van der Waals surface area contributed by atoms with E-state index in [2.05, 4.69) is 0 Å². The number of aliphatic hydroxyl groups excluding tert-OH is 2. The Hall–Kier alpha value is -1.96. The minimum atomic E-state index is -1.01. The van der Waals surface area contributed by atoms with Crippen LogP contribution >= 0.6 is 0 Å². The van der Waals surface area contributed by atoms with Gasteiger partial charge in [-0.05, 0) is 6.92 Å². The maximum Gasteiger partial charge on any atom is 0.211 e. The molecule has 2 atom stereocenters. The number of fused-ring (bicyclic) bond motifs is 3. The molecule has 6 N–H and O–H groups in total. The normalized spacial score (nSPS) is 25.2. The van der Waals surface area contributed by atoms with Crippen LogP contribution in [-0.4, -0.2) is 32.4 Å². The van der Waals surface area contributed by atoms with Gasteiger partial charge in [0.1, 0.15) is 11.8 Å². The summed E-state index contributed by atoms with van der Waals surface area (Å²) in [5.41, 5.74) is 12.4. The molecule has 0 unspecified atom stereocenters. The van der Waals surface area contributed by atoms with E-state index in [9.17, 15) is 19.8 Å². The number of aliphatic hydroxyl groups is 2. The number of hydrogen-bond donors (Lipinski definition) is 4. The molecule has 2 aliphatic rings. The lowest BCUT2D eigenvalue weighted by molar-refractivity contribution is 0.0966. The Morgan fingerprint density at radius 3 is 2.60 bits per heavy atom. The molecule has 20 heavy (non-hydrogen) atoms. The molecule has 1 aromatic heterocycles. The highest BCUT2D eigenvalue weighted by Gasteiger charge is 2.42. The SMILES string of the molecule is CC1=C(N)C(=O)c2c(CO)c3n(c2C1=O)C[C@H](N)[C@@H]3O. The number of Topliss-reactive ketones (excluding diaryl/α,β-unsaturated/α-hetero) is 2. The molecule has 106 valence electrons. The van der Waals surface area contributed by atoms with E-state index in [0.29, 0.717) is 5.69 Å². The van der Waals surface area contributed by atoms with Crippen LogP contribution in [-0.2, 0) is 13.2 Å². The average Bonchev–Trinajstić information content (AvgIpc) is 2.89. The van der Waals surface area contributed by atoms with Crippen LogP contribution in [0.5, 0.6) is 0 Å². The van der Waals surface area contributed by atoms with Gasteiger partial charge in [-0.2, -0.15) is 0 Å². The first-order chi connectivity index (χ1) is 9.40. The van der Waals surface area contributed by atoms with Gasteiger partial charge >= 0.3 is 0 Å². The van der Waals surface area contributed by atoms with Gasteiger partial charge in [0.15, 0.2) is 0 Å². The third-order valence-corrected chi connectivity index (χ3v) is 4.08. The van der Waals surface area contributed by atoms with E-state index in [4.69, 9.17) is 11.5 Å². The van der Waals surface area contributed by atoms with Crippen molar-refractivity contribution in [1.29, 1.82) is 0 Å².